The van der Waals surface area contributed by atoms with Crippen molar-refractivity contribution >= 4 is 27.5 Å². The van der Waals surface area contributed by atoms with Gasteiger partial charge in [0.1, 0.15) is 6.54 Å². The molecule has 1 aliphatic rings. The third kappa shape index (κ3) is 4.08. The Hall–Kier alpha value is -3.15. The molecule has 0 saturated carbocycles. The van der Waals surface area contributed by atoms with Gasteiger partial charge in [-0.25, -0.2) is 23.1 Å². The van der Waals surface area contributed by atoms with Gasteiger partial charge in [-0.3, -0.25) is 4.79 Å². The first-order valence-corrected chi connectivity index (χ1v) is 10.1. The van der Waals surface area contributed by atoms with Crippen LogP contribution in [0, 0.1) is 0 Å². The number of sulfone groups is 1. The van der Waals surface area contributed by atoms with E-state index in [1.165, 1.54) is 11.1 Å². The Kier molecular flexibility index (Phi) is 5.70. The number of halogens is 3. The molecule has 12 heteroatoms. The van der Waals surface area contributed by atoms with Crippen LogP contribution in [-0.4, -0.2) is 48.9 Å². The second-order valence-electron chi connectivity index (χ2n) is 6.25. The van der Waals surface area contributed by atoms with Gasteiger partial charge in [0.25, 0.3) is 15.7 Å². The Morgan fingerprint density at radius 1 is 1.13 bits per heavy atom. The number of carbonyl (C=O) groups excluding carboxylic acids is 2. The smallest absolute Gasteiger partial charge is 0.478 e. The first kappa shape index (κ1) is 21.6. The molecule has 0 bridgehead atoms. The number of ether oxygens (including phenoxy) is 1. The molecule has 30 heavy (non-hydrogen) atoms. The van der Waals surface area contributed by atoms with Crippen molar-refractivity contribution in [2.45, 2.75) is 23.9 Å². The van der Waals surface area contributed by atoms with Gasteiger partial charge in [-0.15, -0.1) is 0 Å². The molecule has 0 radical (unpaired) electrons. The van der Waals surface area contributed by atoms with E-state index in [-0.39, 0.29) is 18.8 Å². The summed E-state index contributed by atoms with van der Waals surface area (Å²) in [5.41, 5.74) is -4.81. The second kappa shape index (κ2) is 7.94. The maximum Gasteiger partial charge on any atom is 0.501 e. The number of benzene rings is 1. The third-order valence-corrected chi connectivity index (χ3v) is 5.71. The number of amides is 3. The zero-order valence-corrected chi connectivity index (χ0v) is 16.4. The average molecular weight is 443 g/mol. The lowest BCUT2D eigenvalue weighted by Gasteiger charge is -2.18. The van der Waals surface area contributed by atoms with Crippen LogP contribution in [0.3, 0.4) is 0 Å². The molecular weight excluding hydrogens is 427 g/mol. The molecule has 1 fully saturated rings. The van der Waals surface area contributed by atoms with E-state index in [2.05, 4.69) is 4.98 Å². The summed E-state index contributed by atoms with van der Waals surface area (Å²) in [6.07, 6.45) is 1.50. The van der Waals surface area contributed by atoms with Crippen molar-refractivity contribution in [3.05, 3.63) is 48.2 Å². The summed E-state index contributed by atoms with van der Waals surface area (Å²) in [6, 6.07) is 5.98. The van der Waals surface area contributed by atoms with Crippen molar-refractivity contribution in [3.63, 3.8) is 0 Å². The summed E-state index contributed by atoms with van der Waals surface area (Å²) in [7, 11) is -5.52. The van der Waals surface area contributed by atoms with Crippen LogP contribution >= 0.6 is 0 Å². The van der Waals surface area contributed by atoms with Crippen LogP contribution in [0.2, 0.25) is 0 Å². The first-order chi connectivity index (χ1) is 14.0. The van der Waals surface area contributed by atoms with E-state index >= 15 is 0 Å². The molecule has 0 N–H and O–H groups in total. The first-order valence-electron chi connectivity index (χ1n) is 8.65. The van der Waals surface area contributed by atoms with Crippen molar-refractivity contribution in [1.29, 1.82) is 0 Å². The van der Waals surface area contributed by atoms with E-state index in [1.807, 2.05) is 0 Å². The van der Waals surface area contributed by atoms with Crippen LogP contribution in [-0.2, 0) is 21.2 Å². The standard InChI is InChI=1S/C18H16F3N3O5S/c1-2-29-15-9-12(7-8-22-15)10-23-11-16(25)24(17(23)26)13-3-5-14(6-4-13)30(27,28)18(19,20)21/h3-9H,2,10-11H2,1H3. The molecule has 1 aliphatic heterocycles. The number of pyridine rings is 1. The summed E-state index contributed by atoms with van der Waals surface area (Å²) in [6.45, 7) is 2.05. The number of urea groups is 1. The number of hydrogen-bond acceptors (Lipinski definition) is 6. The van der Waals surface area contributed by atoms with Crippen LogP contribution in [0.5, 0.6) is 5.88 Å². The van der Waals surface area contributed by atoms with Gasteiger partial charge in [0.2, 0.25) is 5.88 Å². The molecule has 0 spiro atoms. The highest BCUT2D eigenvalue weighted by atomic mass is 32.2. The highest BCUT2D eigenvalue weighted by Crippen LogP contribution is 2.32. The van der Waals surface area contributed by atoms with Crippen LogP contribution in [0.25, 0.3) is 0 Å². The molecule has 3 rings (SSSR count). The molecule has 160 valence electrons. The average Bonchev–Trinajstić information content (AvgIpc) is 2.95. The summed E-state index contributed by atoms with van der Waals surface area (Å²) in [5.74, 6) is -0.225. The van der Waals surface area contributed by atoms with E-state index in [1.54, 1.807) is 19.1 Å². The van der Waals surface area contributed by atoms with Crippen molar-refractivity contribution in [1.82, 2.24) is 9.88 Å². The van der Waals surface area contributed by atoms with E-state index < -0.39 is 32.2 Å². The van der Waals surface area contributed by atoms with Gasteiger partial charge in [-0.05, 0) is 42.8 Å². The quantitative estimate of drug-likeness (QED) is 0.637. The minimum absolute atomic E-state index is 0.0293. The molecule has 2 aromatic rings. The normalized spacial score (nSPS) is 15.1. The largest absolute Gasteiger partial charge is 0.501 e. The fraction of sp³-hybridized carbons (Fsp3) is 0.278. The van der Waals surface area contributed by atoms with Gasteiger partial charge in [0.05, 0.1) is 17.2 Å². The Labute approximate surface area is 169 Å². The molecule has 3 amide bonds. The SMILES string of the molecule is CCOc1cc(CN2CC(=O)N(c3ccc(S(=O)(=O)C(F)(F)F)cc3)C2=O)ccn1. The molecule has 8 nitrogen and oxygen atoms in total. The van der Waals surface area contributed by atoms with Gasteiger partial charge in [-0.1, -0.05) is 0 Å². The molecule has 2 heterocycles. The van der Waals surface area contributed by atoms with Crippen LogP contribution in [0.1, 0.15) is 12.5 Å². The Morgan fingerprint density at radius 2 is 1.80 bits per heavy atom. The highest BCUT2D eigenvalue weighted by molar-refractivity contribution is 7.92. The fourth-order valence-corrected chi connectivity index (χ4v) is 3.59. The molecule has 1 saturated heterocycles. The van der Waals surface area contributed by atoms with Gasteiger partial charge in [-0.2, -0.15) is 13.2 Å². The van der Waals surface area contributed by atoms with E-state index in [0.29, 0.717) is 30.2 Å². The van der Waals surface area contributed by atoms with Gasteiger partial charge < -0.3 is 9.64 Å². The molecule has 1 aromatic heterocycles. The van der Waals surface area contributed by atoms with Gasteiger partial charge in [0, 0.05) is 18.8 Å². The lowest BCUT2D eigenvalue weighted by molar-refractivity contribution is -0.116. The fourth-order valence-electron chi connectivity index (χ4n) is 2.83. The zero-order chi connectivity index (χ0) is 22.1. The van der Waals surface area contributed by atoms with Crippen molar-refractivity contribution in [3.8, 4) is 5.88 Å². The Bertz CT molecular complexity index is 1070. The highest BCUT2D eigenvalue weighted by Gasteiger charge is 2.47. The van der Waals surface area contributed by atoms with Crippen molar-refractivity contribution in [2.75, 3.05) is 18.1 Å². The minimum atomic E-state index is -5.52. The van der Waals surface area contributed by atoms with Crippen molar-refractivity contribution < 1.29 is 35.9 Å². The maximum absolute atomic E-state index is 12.7. The van der Waals surface area contributed by atoms with Crippen LogP contribution in [0.4, 0.5) is 23.7 Å². The number of carbonyl (C=O) groups is 2. The molecule has 0 unspecified atom stereocenters. The molecule has 0 aliphatic carbocycles. The van der Waals surface area contributed by atoms with E-state index in [9.17, 15) is 31.2 Å². The van der Waals surface area contributed by atoms with Crippen molar-refractivity contribution in [2.24, 2.45) is 0 Å². The summed E-state index contributed by atoms with van der Waals surface area (Å²) < 4.78 is 66.1. The summed E-state index contributed by atoms with van der Waals surface area (Å²) >= 11 is 0. The number of nitrogens with zero attached hydrogens (tertiary/aromatic N) is 3. The number of hydrogen-bond donors (Lipinski definition) is 0. The number of alkyl halides is 3. The predicted octanol–water partition coefficient (Wildman–Crippen LogP) is 2.74. The lowest BCUT2D eigenvalue weighted by Crippen LogP contribution is -2.32. The predicted molar refractivity (Wildman–Crippen MR) is 98.4 cm³/mol. The van der Waals surface area contributed by atoms with Gasteiger partial charge in [0.15, 0.2) is 0 Å². The molecule has 1 aromatic carbocycles. The number of rotatable bonds is 6. The zero-order valence-electron chi connectivity index (χ0n) is 15.6. The third-order valence-electron chi connectivity index (χ3n) is 4.21. The topological polar surface area (TPSA) is 96.9 Å². The number of anilines is 1. The van der Waals surface area contributed by atoms with Crippen LogP contribution in [0.15, 0.2) is 47.5 Å². The summed E-state index contributed by atoms with van der Waals surface area (Å²) in [4.78, 5) is 30.0. The number of imide groups is 1. The maximum atomic E-state index is 12.7. The minimum Gasteiger partial charge on any atom is -0.478 e. The molecular formula is C18H16F3N3O5S. The lowest BCUT2D eigenvalue weighted by atomic mass is 10.2. The Balaban J connectivity index is 1.79. The number of aromatic nitrogens is 1. The van der Waals surface area contributed by atoms with E-state index in [0.717, 1.165) is 17.0 Å². The van der Waals surface area contributed by atoms with Gasteiger partial charge >= 0.3 is 11.5 Å². The second-order valence-corrected chi connectivity index (χ2v) is 8.19. The monoisotopic (exact) mass is 443 g/mol. The summed E-state index contributed by atoms with van der Waals surface area (Å²) in [5, 5.41) is 0. The molecule has 0 atom stereocenters. The Morgan fingerprint density at radius 3 is 2.40 bits per heavy atom. The van der Waals surface area contributed by atoms with Crippen LogP contribution < -0.4 is 9.64 Å². The van der Waals surface area contributed by atoms with E-state index in [4.69, 9.17) is 4.74 Å².